The van der Waals surface area contributed by atoms with Gasteiger partial charge in [0.15, 0.2) is 0 Å². The van der Waals surface area contributed by atoms with Gasteiger partial charge in [0.2, 0.25) is 0 Å². The number of ketones is 1. The van der Waals surface area contributed by atoms with Crippen molar-refractivity contribution in [1.29, 1.82) is 0 Å². The first kappa shape index (κ1) is 12.9. The minimum Gasteiger partial charge on any atom is -0.300 e. The molecule has 0 aliphatic carbocycles. The maximum Gasteiger partial charge on any atom is 0.129 e. The van der Waals surface area contributed by atoms with Crippen LogP contribution in [-0.4, -0.2) is 15.6 Å². The number of aryl methyl sites for hydroxylation is 3. The molecule has 1 heterocycles. The second-order valence-corrected chi connectivity index (χ2v) is 4.22. The SMILES string of the molecule is CCc1cc(CC)n(CCCCC(C)=O)n1. The zero-order chi connectivity index (χ0) is 12.0. The van der Waals surface area contributed by atoms with E-state index in [2.05, 4.69) is 29.7 Å². The highest BCUT2D eigenvalue weighted by atomic mass is 16.1. The quantitative estimate of drug-likeness (QED) is 0.665. The second kappa shape index (κ2) is 6.46. The first-order valence-corrected chi connectivity index (χ1v) is 6.22. The molecular formula is C13H22N2O. The van der Waals surface area contributed by atoms with Gasteiger partial charge in [-0.2, -0.15) is 5.10 Å². The van der Waals surface area contributed by atoms with Gasteiger partial charge in [0.1, 0.15) is 5.78 Å². The molecule has 0 aromatic carbocycles. The summed E-state index contributed by atoms with van der Waals surface area (Å²) in [6.07, 6.45) is 4.73. The van der Waals surface area contributed by atoms with Gasteiger partial charge in [-0.15, -0.1) is 0 Å². The standard InChI is InChI=1S/C13H22N2O/c1-4-12-10-13(5-2)15(14-12)9-7-6-8-11(3)16/h10H,4-9H2,1-3H3. The predicted octanol–water partition coefficient (Wildman–Crippen LogP) is 2.77. The highest BCUT2D eigenvalue weighted by Gasteiger charge is 2.04. The molecule has 0 aliphatic rings. The molecule has 90 valence electrons. The lowest BCUT2D eigenvalue weighted by atomic mass is 10.2. The second-order valence-electron chi connectivity index (χ2n) is 4.22. The summed E-state index contributed by atoms with van der Waals surface area (Å²) < 4.78 is 2.10. The number of nitrogens with zero attached hydrogens (tertiary/aromatic N) is 2. The Kier molecular flexibility index (Phi) is 5.23. The molecule has 1 aromatic rings. The Bertz CT molecular complexity index is 342. The maximum absolute atomic E-state index is 10.8. The number of aromatic nitrogens is 2. The van der Waals surface area contributed by atoms with Crippen molar-refractivity contribution < 1.29 is 4.79 Å². The minimum absolute atomic E-state index is 0.283. The van der Waals surface area contributed by atoms with Gasteiger partial charge in [-0.05, 0) is 38.7 Å². The zero-order valence-corrected chi connectivity index (χ0v) is 10.6. The molecule has 0 saturated carbocycles. The summed E-state index contributed by atoms with van der Waals surface area (Å²) in [6.45, 7) is 6.88. The number of Topliss-reactive ketones (excluding diaryl/α,β-unsaturated/α-hetero) is 1. The Labute approximate surface area is 97.8 Å². The van der Waals surface area contributed by atoms with Crippen LogP contribution < -0.4 is 0 Å². The summed E-state index contributed by atoms with van der Waals surface area (Å²) in [7, 11) is 0. The predicted molar refractivity (Wildman–Crippen MR) is 65.5 cm³/mol. The normalized spacial score (nSPS) is 10.7. The lowest BCUT2D eigenvalue weighted by Gasteiger charge is -2.04. The first-order chi connectivity index (χ1) is 7.67. The Hall–Kier alpha value is -1.12. The molecule has 0 saturated heterocycles. The van der Waals surface area contributed by atoms with Crippen molar-refractivity contribution in [3.05, 3.63) is 17.5 Å². The van der Waals surface area contributed by atoms with Crippen LogP contribution in [0.25, 0.3) is 0 Å². The van der Waals surface area contributed by atoms with Gasteiger partial charge in [-0.3, -0.25) is 4.68 Å². The van der Waals surface area contributed by atoms with Crippen LogP contribution in [0.2, 0.25) is 0 Å². The average Bonchev–Trinajstić information content (AvgIpc) is 2.66. The highest BCUT2D eigenvalue weighted by molar-refractivity contribution is 5.75. The largest absolute Gasteiger partial charge is 0.300 e. The third-order valence-electron chi connectivity index (χ3n) is 2.79. The summed E-state index contributed by atoms with van der Waals surface area (Å²) in [5.74, 6) is 0.283. The third-order valence-corrected chi connectivity index (χ3v) is 2.79. The van der Waals surface area contributed by atoms with Crippen LogP contribution in [0.5, 0.6) is 0 Å². The van der Waals surface area contributed by atoms with Crippen LogP contribution in [-0.2, 0) is 24.2 Å². The fourth-order valence-electron chi connectivity index (χ4n) is 1.80. The summed E-state index contributed by atoms with van der Waals surface area (Å²) in [4.78, 5) is 10.8. The number of rotatable bonds is 7. The van der Waals surface area contributed by atoms with E-state index >= 15 is 0 Å². The number of carbonyl (C=O) groups excluding carboxylic acids is 1. The fourth-order valence-corrected chi connectivity index (χ4v) is 1.80. The Morgan fingerprint density at radius 1 is 1.31 bits per heavy atom. The van der Waals surface area contributed by atoms with Gasteiger partial charge in [-0.1, -0.05) is 13.8 Å². The number of unbranched alkanes of at least 4 members (excludes halogenated alkanes) is 1. The van der Waals surface area contributed by atoms with E-state index in [9.17, 15) is 4.79 Å². The molecule has 1 rings (SSSR count). The van der Waals surface area contributed by atoms with Gasteiger partial charge in [0.25, 0.3) is 0 Å². The van der Waals surface area contributed by atoms with Crippen LogP contribution in [0, 0.1) is 0 Å². The molecule has 16 heavy (non-hydrogen) atoms. The topological polar surface area (TPSA) is 34.9 Å². The smallest absolute Gasteiger partial charge is 0.129 e. The van der Waals surface area contributed by atoms with Crippen molar-refractivity contribution in [3.63, 3.8) is 0 Å². The van der Waals surface area contributed by atoms with E-state index in [1.807, 2.05) is 0 Å². The maximum atomic E-state index is 10.8. The van der Waals surface area contributed by atoms with Crippen molar-refractivity contribution in [2.75, 3.05) is 0 Å². The first-order valence-electron chi connectivity index (χ1n) is 6.22. The zero-order valence-electron chi connectivity index (χ0n) is 10.6. The molecule has 0 aliphatic heterocycles. The van der Waals surface area contributed by atoms with Crippen LogP contribution in [0.15, 0.2) is 6.07 Å². The van der Waals surface area contributed by atoms with Crippen molar-refractivity contribution in [2.24, 2.45) is 0 Å². The molecule has 1 aromatic heterocycles. The van der Waals surface area contributed by atoms with Gasteiger partial charge in [0.05, 0.1) is 5.69 Å². The molecule has 0 atom stereocenters. The van der Waals surface area contributed by atoms with E-state index in [0.717, 1.165) is 32.2 Å². The van der Waals surface area contributed by atoms with Gasteiger partial charge in [-0.25, -0.2) is 0 Å². The van der Waals surface area contributed by atoms with E-state index in [4.69, 9.17) is 0 Å². The van der Waals surface area contributed by atoms with E-state index in [1.165, 1.54) is 11.4 Å². The molecular weight excluding hydrogens is 200 g/mol. The number of carbonyl (C=O) groups is 1. The van der Waals surface area contributed by atoms with Crippen LogP contribution in [0.4, 0.5) is 0 Å². The highest BCUT2D eigenvalue weighted by Crippen LogP contribution is 2.08. The van der Waals surface area contributed by atoms with E-state index in [0.29, 0.717) is 6.42 Å². The summed E-state index contributed by atoms with van der Waals surface area (Å²) in [5.41, 5.74) is 2.48. The van der Waals surface area contributed by atoms with Crippen molar-refractivity contribution in [2.45, 2.75) is 59.4 Å². The fraction of sp³-hybridized carbons (Fsp3) is 0.692. The monoisotopic (exact) mass is 222 g/mol. The molecule has 0 fully saturated rings. The lowest BCUT2D eigenvalue weighted by Crippen LogP contribution is -2.05. The number of hydrogen-bond acceptors (Lipinski definition) is 2. The Morgan fingerprint density at radius 2 is 2.06 bits per heavy atom. The molecule has 3 nitrogen and oxygen atoms in total. The van der Waals surface area contributed by atoms with Crippen molar-refractivity contribution in [1.82, 2.24) is 9.78 Å². The summed E-state index contributed by atoms with van der Waals surface area (Å²) in [6, 6.07) is 2.19. The van der Waals surface area contributed by atoms with Gasteiger partial charge >= 0.3 is 0 Å². The molecule has 3 heteroatoms. The molecule has 0 radical (unpaired) electrons. The number of hydrogen-bond donors (Lipinski definition) is 0. The lowest BCUT2D eigenvalue weighted by molar-refractivity contribution is -0.117. The molecule has 0 bridgehead atoms. The third kappa shape index (κ3) is 3.80. The van der Waals surface area contributed by atoms with E-state index in [1.54, 1.807) is 6.92 Å². The van der Waals surface area contributed by atoms with Gasteiger partial charge in [0, 0.05) is 18.7 Å². The van der Waals surface area contributed by atoms with E-state index < -0.39 is 0 Å². The Morgan fingerprint density at radius 3 is 2.62 bits per heavy atom. The van der Waals surface area contributed by atoms with Crippen LogP contribution >= 0.6 is 0 Å². The Balaban J connectivity index is 2.45. The molecule has 0 N–H and O–H groups in total. The average molecular weight is 222 g/mol. The molecule has 0 unspecified atom stereocenters. The van der Waals surface area contributed by atoms with Crippen molar-refractivity contribution in [3.8, 4) is 0 Å². The van der Waals surface area contributed by atoms with Crippen molar-refractivity contribution >= 4 is 5.78 Å². The van der Waals surface area contributed by atoms with Crippen LogP contribution in [0.3, 0.4) is 0 Å². The minimum atomic E-state index is 0.283. The summed E-state index contributed by atoms with van der Waals surface area (Å²) >= 11 is 0. The molecule has 0 spiro atoms. The van der Waals surface area contributed by atoms with Gasteiger partial charge < -0.3 is 4.79 Å². The summed E-state index contributed by atoms with van der Waals surface area (Å²) in [5, 5.41) is 4.55. The van der Waals surface area contributed by atoms with Crippen LogP contribution in [0.1, 0.15) is 51.4 Å². The van der Waals surface area contributed by atoms with E-state index in [-0.39, 0.29) is 5.78 Å². The molecule has 0 amide bonds.